The van der Waals surface area contributed by atoms with Crippen LogP contribution in [-0.4, -0.2) is 6.04 Å². The third-order valence-electron chi connectivity index (χ3n) is 2.60. The Morgan fingerprint density at radius 2 is 1.67 bits per heavy atom. The van der Waals surface area contributed by atoms with Gasteiger partial charge in [-0.05, 0) is 43.4 Å². The average Bonchev–Trinajstić information content (AvgIpc) is 2.17. The van der Waals surface area contributed by atoms with Crippen molar-refractivity contribution in [3.8, 4) is 0 Å². The van der Waals surface area contributed by atoms with Crippen molar-refractivity contribution >= 4 is 5.69 Å². The Labute approximate surface area is 93.9 Å². The third kappa shape index (κ3) is 4.37. The van der Waals surface area contributed by atoms with E-state index < -0.39 is 0 Å². The van der Waals surface area contributed by atoms with Crippen LogP contribution in [0.5, 0.6) is 0 Å². The summed E-state index contributed by atoms with van der Waals surface area (Å²) >= 11 is 0. The van der Waals surface area contributed by atoms with E-state index in [9.17, 15) is 0 Å². The second kappa shape index (κ2) is 5.79. The van der Waals surface area contributed by atoms with Crippen molar-refractivity contribution in [3.63, 3.8) is 0 Å². The lowest BCUT2D eigenvalue weighted by molar-refractivity contribution is 0.540. The molecule has 1 heteroatoms. The number of aryl methyl sites for hydroxylation is 1. The SMILES string of the molecule is CCc1ccc(NC(C)CC(C)C)cc1. The predicted octanol–water partition coefficient (Wildman–Crippen LogP) is 4.10. The Balaban J connectivity index is 2.49. The molecule has 0 aliphatic rings. The first kappa shape index (κ1) is 12.1. The van der Waals surface area contributed by atoms with E-state index in [1.807, 2.05) is 0 Å². The Morgan fingerprint density at radius 1 is 1.07 bits per heavy atom. The van der Waals surface area contributed by atoms with Gasteiger partial charge < -0.3 is 5.32 Å². The van der Waals surface area contributed by atoms with E-state index in [0.717, 1.165) is 12.3 Å². The fraction of sp³-hybridized carbons (Fsp3) is 0.571. The first-order valence-electron chi connectivity index (χ1n) is 5.97. The zero-order chi connectivity index (χ0) is 11.3. The van der Waals surface area contributed by atoms with Crippen molar-refractivity contribution in [1.82, 2.24) is 0 Å². The second-order valence-electron chi connectivity index (χ2n) is 4.73. The molecule has 0 amide bonds. The molecule has 1 aromatic rings. The minimum Gasteiger partial charge on any atom is -0.383 e. The standard InChI is InChI=1S/C14H23N/c1-5-13-6-8-14(9-7-13)15-12(4)10-11(2)3/h6-9,11-12,15H,5,10H2,1-4H3. The Hall–Kier alpha value is -0.980. The van der Waals surface area contributed by atoms with Crippen LogP contribution in [0.25, 0.3) is 0 Å². The van der Waals surface area contributed by atoms with Crippen LogP contribution in [0.4, 0.5) is 5.69 Å². The quantitative estimate of drug-likeness (QED) is 0.763. The summed E-state index contributed by atoms with van der Waals surface area (Å²) < 4.78 is 0. The Bertz CT molecular complexity index is 274. The topological polar surface area (TPSA) is 12.0 Å². The van der Waals surface area contributed by atoms with E-state index in [-0.39, 0.29) is 0 Å². The highest BCUT2D eigenvalue weighted by atomic mass is 14.9. The fourth-order valence-corrected chi connectivity index (χ4v) is 1.89. The number of nitrogens with one attached hydrogen (secondary N) is 1. The van der Waals surface area contributed by atoms with Crippen LogP contribution in [0.3, 0.4) is 0 Å². The van der Waals surface area contributed by atoms with E-state index in [0.29, 0.717) is 6.04 Å². The highest BCUT2D eigenvalue weighted by molar-refractivity contribution is 5.45. The number of rotatable bonds is 5. The molecule has 1 N–H and O–H groups in total. The van der Waals surface area contributed by atoms with Crippen molar-refractivity contribution < 1.29 is 0 Å². The summed E-state index contributed by atoms with van der Waals surface area (Å²) in [6.07, 6.45) is 2.33. The molecule has 0 saturated heterocycles. The van der Waals surface area contributed by atoms with Gasteiger partial charge in [-0.15, -0.1) is 0 Å². The number of anilines is 1. The van der Waals surface area contributed by atoms with Gasteiger partial charge in [-0.25, -0.2) is 0 Å². The lowest BCUT2D eigenvalue weighted by Crippen LogP contribution is -2.17. The molecule has 0 aliphatic carbocycles. The van der Waals surface area contributed by atoms with E-state index in [1.54, 1.807) is 0 Å². The van der Waals surface area contributed by atoms with Crippen LogP contribution in [0.1, 0.15) is 39.7 Å². The van der Waals surface area contributed by atoms with Crippen LogP contribution < -0.4 is 5.32 Å². The maximum Gasteiger partial charge on any atom is 0.0342 e. The van der Waals surface area contributed by atoms with Crippen LogP contribution in [0.2, 0.25) is 0 Å². The first-order chi connectivity index (χ1) is 7.11. The molecule has 0 aliphatic heterocycles. The van der Waals surface area contributed by atoms with Gasteiger partial charge >= 0.3 is 0 Å². The zero-order valence-corrected chi connectivity index (χ0v) is 10.4. The summed E-state index contributed by atoms with van der Waals surface area (Å²) in [5.74, 6) is 0.752. The van der Waals surface area contributed by atoms with E-state index in [2.05, 4.69) is 57.3 Å². The van der Waals surface area contributed by atoms with Gasteiger partial charge in [0, 0.05) is 11.7 Å². The smallest absolute Gasteiger partial charge is 0.0342 e. The highest BCUT2D eigenvalue weighted by Gasteiger charge is 2.04. The highest BCUT2D eigenvalue weighted by Crippen LogP contribution is 2.14. The molecule has 1 aromatic carbocycles. The normalized spacial score (nSPS) is 12.9. The van der Waals surface area contributed by atoms with Gasteiger partial charge in [0.15, 0.2) is 0 Å². The zero-order valence-electron chi connectivity index (χ0n) is 10.4. The molecule has 0 spiro atoms. The molecule has 15 heavy (non-hydrogen) atoms. The summed E-state index contributed by atoms with van der Waals surface area (Å²) in [5.41, 5.74) is 2.64. The minimum absolute atomic E-state index is 0.553. The largest absolute Gasteiger partial charge is 0.383 e. The monoisotopic (exact) mass is 205 g/mol. The molecule has 1 nitrogen and oxygen atoms in total. The Kier molecular flexibility index (Phi) is 4.67. The molecule has 0 saturated carbocycles. The molecule has 84 valence electrons. The number of hydrogen-bond donors (Lipinski definition) is 1. The molecule has 1 unspecified atom stereocenters. The average molecular weight is 205 g/mol. The predicted molar refractivity (Wildman–Crippen MR) is 68.4 cm³/mol. The van der Waals surface area contributed by atoms with Crippen LogP contribution in [0.15, 0.2) is 24.3 Å². The second-order valence-corrected chi connectivity index (χ2v) is 4.73. The fourth-order valence-electron chi connectivity index (χ4n) is 1.89. The summed E-state index contributed by atoms with van der Waals surface area (Å²) in [4.78, 5) is 0. The van der Waals surface area contributed by atoms with Gasteiger partial charge in [0.25, 0.3) is 0 Å². The number of hydrogen-bond acceptors (Lipinski definition) is 1. The summed E-state index contributed by atoms with van der Waals surface area (Å²) in [6.45, 7) is 8.95. The summed E-state index contributed by atoms with van der Waals surface area (Å²) in [5, 5.41) is 3.52. The van der Waals surface area contributed by atoms with Gasteiger partial charge in [-0.2, -0.15) is 0 Å². The maximum atomic E-state index is 3.52. The summed E-state index contributed by atoms with van der Waals surface area (Å²) in [7, 11) is 0. The lowest BCUT2D eigenvalue weighted by Gasteiger charge is -2.17. The molecule has 0 radical (unpaired) electrons. The van der Waals surface area contributed by atoms with Gasteiger partial charge in [-0.3, -0.25) is 0 Å². The summed E-state index contributed by atoms with van der Waals surface area (Å²) in [6, 6.07) is 9.30. The van der Waals surface area contributed by atoms with E-state index >= 15 is 0 Å². The van der Waals surface area contributed by atoms with Crippen molar-refractivity contribution in [2.75, 3.05) is 5.32 Å². The molecular formula is C14H23N. The third-order valence-corrected chi connectivity index (χ3v) is 2.60. The lowest BCUT2D eigenvalue weighted by atomic mass is 10.0. The van der Waals surface area contributed by atoms with Crippen LogP contribution >= 0.6 is 0 Å². The Morgan fingerprint density at radius 3 is 2.13 bits per heavy atom. The molecule has 1 rings (SSSR count). The minimum atomic E-state index is 0.553. The van der Waals surface area contributed by atoms with E-state index in [4.69, 9.17) is 0 Å². The van der Waals surface area contributed by atoms with Crippen molar-refractivity contribution in [2.24, 2.45) is 5.92 Å². The molecule has 0 bridgehead atoms. The molecule has 0 fully saturated rings. The van der Waals surface area contributed by atoms with Crippen molar-refractivity contribution in [3.05, 3.63) is 29.8 Å². The van der Waals surface area contributed by atoms with Gasteiger partial charge in [0.05, 0.1) is 0 Å². The van der Waals surface area contributed by atoms with Crippen LogP contribution in [0, 0.1) is 5.92 Å². The van der Waals surface area contributed by atoms with Crippen molar-refractivity contribution in [2.45, 2.75) is 46.6 Å². The van der Waals surface area contributed by atoms with E-state index in [1.165, 1.54) is 17.7 Å². The van der Waals surface area contributed by atoms with Gasteiger partial charge in [0.1, 0.15) is 0 Å². The molecule has 1 atom stereocenters. The molecular weight excluding hydrogens is 182 g/mol. The first-order valence-corrected chi connectivity index (χ1v) is 5.97. The van der Waals surface area contributed by atoms with Crippen molar-refractivity contribution in [1.29, 1.82) is 0 Å². The molecule has 0 heterocycles. The van der Waals surface area contributed by atoms with Gasteiger partial charge in [0.2, 0.25) is 0 Å². The van der Waals surface area contributed by atoms with Gasteiger partial charge in [-0.1, -0.05) is 32.9 Å². The maximum absolute atomic E-state index is 3.52. The molecule has 0 aromatic heterocycles. The van der Waals surface area contributed by atoms with Crippen LogP contribution in [-0.2, 0) is 6.42 Å². The number of benzene rings is 1.